The van der Waals surface area contributed by atoms with Crippen LogP contribution in [0.1, 0.15) is 33.9 Å². The van der Waals surface area contributed by atoms with Gasteiger partial charge in [0.05, 0.1) is 25.8 Å². The fourth-order valence-corrected chi connectivity index (χ4v) is 4.57. The van der Waals surface area contributed by atoms with E-state index in [1.807, 2.05) is 19.1 Å². The number of rotatable bonds is 7. The molecule has 2 heterocycles. The molecule has 2 aliphatic heterocycles. The van der Waals surface area contributed by atoms with Crippen molar-refractivity contribution in [2.45, 2.75) is 19.4 Å². The van der Waals surface area contributed by atoms with Crippen LogP contribution in [-0.4, -0.2) is 61.8 Å². The average molecular weight is 440 g/mol. The average Bonchev–Trinajstić information content (AvgIpc) is 3.05. The largest absolute Gasteiger partial charge is 0.370 e. The van der Waals surface area contributed by atoms with E-state index >= 15 is 0 Å². The van der Waals surface area contributed by atoms with E-state index in [-0.39, 0.29) is 5.78 Å². The highest BCUT2D eigenvalue weighted by atomic mass is 19.1. The number of nitrogens with zero attached hydrogens (tertiary/aromatic N) is 1. The maximum atomic E-state index is 13.6. The van der Waals surface area contributed by atoms with Crippen molar-refractivity contribution in [1.82, 2.24) is 4.90 Å². The molecular formula is C25H28FN2O4+. The summed E-state index contributed by atoms with van der Waals surface area (Å²) in [4.78, 5) is 42.2. The predicted octanol–water partition coefficient (Wildman–Crippen LogP) is 1.39. The van der Waals surface area contributed by atoms with E-state index in [0.717, 1.165) is 38.4 Å². The summed E-state index contributed by atoms with van der Waals surface area (Å²) in [6, 6.07) is 12.0. The Morgan fingerprint density at radius 1 is 1.06 bits per heavy atom. The standard InChI is InChI=1S/C25H27FN2O4/c1-17-3-5-19(6-4-17)23(29)21-22(18-7-9-20(26)10-8-18)28(25(31)24(21)30)12-2-11-27-13-15-32-16-14-27/h3-10,21-22H,2,11-16H2,1H3/p+1. The van der Waals surface area contributed by atoms with Crippen LogP contribution in [0, 0.1) is 18.7 Å². The zero-order valence-corrected chi connectivity index (χ0v) is 18.2. The van der Waals surface area contributed by atoms with Crippen LogP contribution in [0.2, 0.25) is 0 Å². The number of aryl methyl sites for hydroxylation is 1. The van der Waals surface area contributed by atoms with Crippen LogP contribution >= 0.6 is 0 Å². The molecule has 32 heavy (non-hydrogen) atoms. The molecule has 2 aromatic rings. The maximum absolute atomic E-state index is 13.6. The molecule has 0 spiro atoms. The summed E-state index contributed by atoms with van der Waals surface area (Å²) < 4.78 is 19.0. The van der Waals surface area contributed by atoms with Crippen molar-refractivity contribution in [1.29, 1.82) is 0 Å². The Hall–Kier alpha value is -2.90. The maximum Gasteiger partial charge on any atom is 0.291 e. The van der Waals surface area contributed by atoms with Gasteiger partial charge in [0.25, 0.3) is 5.91 Å². The topological polar surface area (TPSA) is 68.1 Å². The first-order chi connectivity index (χ1) is 15.5. The molecule has 2 aliphatic rings. The summed E-state index contributed by atoms with van der Waals surface area (Å²) in [6.07, 6.45) is 0.706. The molecule has 0 aromatic heterocycles. The Bertz CT molecular complexity index is 984. The number of hydrogen-bond acceptors (Lipinski definition) is 4. The Morgan fingerprint density at radius 2 is 1.72 bits per heavy atom. The van der Waals surface area contributed by atoms with Crippen molar-refractivity contribution in [2.75, 3.05) is 39.4 Å². The van der Waals surface area contributed by atoms with Crippen molar-refractivity contribution in [3.05, 3.63) is 71.0 Å². The first-order valence-corrected chi connectivity index (χ1v) is 11.1. The lowest BCUT2D eigenvalue weighted by atomic mass is 9.86. The van der Waals surface area contributed by atoms with Gasteiger partial charge >= 0.3 is 0 Å². The van der Waals surface area contributed by atoms with Crippen LogP contribution in [0.15, 0.2) is 48.5 Å². The van der Waals surface area contributed by atoms with Crippen LogP contribution < -0.4 is 4.90 Å². The van der Waals surface area contributed by atoms with Gasteiger partial charge in [0.2, 0.25) is 5.78 Å². The number of amides is 1. The molecule has 1 amide bonds. The minimum atomic E-state index is -1.13. The third-order valence-electron chi connectivity index (χ3n) is 6.36. The minimum Gasteiger partial charge on any atom is -0.370 e. The summed E-state index contributed by atoms with van der Waals surface area (Å²) in [5.41, 5.74) is 1.99. The number of likely N-dealkylation sites (tertiary alicyclic amines) is 1. The summed E-state index contributed by atoms with van der Waals surface area (Å²) in [6.45, 7) is 6.43. The van der Waals surface area contributed by atoms with Gasteiger partial charge in [0.1, 0.15) is 24.8 Å². The Labute approximate surface area is 187 Å². The fourth-order valence-electron chi connectivity index (χ4n) is 4.57. The third kappa shape index (κ3) is 4.64. The van der Waals surface area contributed by atoms with Crippen LogP contribution in [0.4, 0.5) is 4.39 Å². The van der Waals surface area contributed by atoms with Crippen LogP contribution in [0.25, 0.3) is 0 Å². The lowest BCUT2D eigenvalue weighted by Gasteiger charge is -2.28. The van der Waals surface area contributed by atoms with Crippen molar-refractivity contribution in [3.8, 4) is 0 Å². The van der Waals surface area contributed by atoms with Gasteiger partial charge in [0.15, 0.2) is 5.78 Å². The fraction of sp³-hybridized carbons (Fsp3) is 0.400. The molecule has 0 aliphatic carbocycles. The number of quaternary nitrogens is 1. The lowest BCUT2D eigenvalue weighted by Crippen LogP contribution is -3.14. The van der Waals surface area contributed by atoms with E-state index in [9.17, 15) is 18.8 Å². The van der Waals surface area contributed by atoms with Crippen molar-refractivity contribution in [2.24, 2.45) is 5.92 Å². The van der Waals surface area contributed by atoms with Gasteiger partial charge in [-0.3, -0.25) is 14.4 Å². The van der Waals surface area contributed by atoms with Gasteiger partial charge in [-0.25, -0.2) is 4.39 Å². The number of Topliss-reactive ketones (excluding diaryl/α,β-unsaturated/α-hetero) is 2. The number of carbonyl (C=O) groups excluding carboxylic acids is 3. The van der Waals surface area contributed by atoms with E-state index in [4.69, 9.17) is 4.74 Å². The van der Waals surface area contributed by atoms with Gasteiger partial charge in [0, 0.05) is 18.5 Å². The summed E-state index contributed by atoms with van der Waals surface area (Å²) in [5, 5.41) is 0. The minimum absolute atomic E-state index is 0.370. The number of carbonyl (C=O) groups is 3. The Balaban J connectivity index is 1.60. The first-order valence-electron chi connectivity index (χ1n) is 11.1. The van der Waals surface area contributed by atoms with Crippen LogP contribution in [-0.2, 0) is 14.3 Å². The third-order valence-corrected chi connectivity index (χ3v) is 6.36. The molecule has 0 bridgehead atoms. The summed E-state index contributed by atoms with van der Waals surface area (Å²) >= 11 is 0. The second kappa shape index (κ2) is 9.71. The Morgan fingerprint density at radius 3 is 2.38 bits per heavy atom. The van der Waals surface area contributed by atoms with E-state index in [1.165, 1.54) is 21.9 Å². The Kier molecular flexibility index (Phi) is 6.77. The molecule has 0 saturated carbocycles. The highest BCUT2D eigenvalue weighted by Crippen LogP contribution is 2.38. The number of hydrogen-bond donors (Lipinski definition) is 1. The zero-order valence-electron chi connectivity index (χ0n) is 18.2. The first kappa shape index (κ1) is 22.3. The number of halogens is 1. The number of ether oxygens (including phenoxy) is 1. The highest BCUT2D eigenvalue weighted by Gasteiger charge is 2.51. The van der Waals surface area contributed by atoms with E-state index in [1.54, 1.807) is 24.3 Å². The van der Waals surface area contributed by atoms with E-state index < -0.39 is 29.5 Å². The molecular weight excluding hydrogens is 411 g/mol. The second-order valence-corrected chi connectivity index (χ2v) is 8.53. The van der Waals surface area contributed by atoms with Crippen molar-refractivity contribution < 1.29 is 28.4 Å². The number of benzene rings is 2. The molecule has 0 radical (unpaired) electrons. The van der Waals surface area contributed by atoms with Crippen molar-refractivity contribution >= 4 is 17.5 Å². The molecule has 2 unspecified atom stereocenters. The normalized spacial score (nSPS) is 21.9. The van der Waals surface area contributed by atoms with Gasteiger partial charge in [-0.1, -0.05) is 42.0 Å². The SMILES string of the molecule is Cc1ccc(C(=O)C2C(=O)C(=O)N(CCC[NH+]3CCOCC3)C2c2ccc(F)cc2)cc1. The number of morpholine rings is 1. The van der Waals surface area contributed by atoms with Crippen LogP contribution in [0.3, 0.4) is 0 Å². The summed E-state index contributed by atoms with van der Waals surface area (Å²) in [7, 11) is 0. The molecule has 2 aromatic carbocycles. The molecule has 1 N–H and O–H groups in total. The zero-order chi connectivity index (χ0) is 22.7. The van der Waals surface area contributed by atoms with Gasteiger partial charge in [-0.05, 0) is 24.6 Å². The molecule has 168 valence electrons. The molecule has 2 atom stereocenters. The monoisotopic (exact) mass is 439 g/mol. The van der Waals surface area contributed by atoms with E-state index in [0.29, 0.717) is 24.1 Å². The number of ketones is 2. The molecule has 2 fully saturated rings. The van der Waals surface area contributed by atoms with Crippen LogP contribution in [0.5, 0.6) is 0 Å². The predicted molar refractivity (Wildman–Crippen MR) is 116 cm³/mol. The smallest absolute Gasteiger partial charge is 0.291 e. The second-order valence-electron chi connectivity index (χ2n) is 8.53. The van der Waals surface area contributed by atoms with Crippen molar-refractivity contribution in [3.63, 3.8) is 0 Å². The quantitative estimate of drug-likeness (QED) is 0.402. The van der Waals surface area contributed by atoms with E-state index in [2.05, 4.69) is 0 Å². The molecule has 4 rings (SSSR count). The lowest BCUT2D eigenvalue weighted by molar-refractivity contribution is -0.908. The highest BCUT2D eigenvalue weighted by molar-refractivity contribution is 6.44. The molecule has 7 heteroatoms. The van der Waals surface area contributed by atoms with Gasteiger partial charge in [-0.15, -0.1) is 0 Å². The van der Waals surface area contributed by atoms with Gasteiger partial charge in [-0.2, -0.15) is 0 Å². The molecule has 2 saturated heterocycles. The number of nitrogens with one attached hydrogen (secondary N) is 1. The summed E-state index contributed by atoms with van der Waals surface area (Å²) in [5.74, 6) is -3.25. The molecule has 6 nitrogen and oxygen atoms in total. The van der Waals surface area contributed by atoms with Gasteiger partial charge < -0.3 is 14.5 Å².